The Labute approximate surface area is 107 Å². The molecule has 0 aromatic rings. The molecule has 0 aliphatic rings. The quantitative estimate of drug-likeness (QED) is 0.400. The van der Waals surface area contributed by atoms with Crippen LogP contribution in [0.1, 0.15) is 0 Å². The molecule has 0 aliphatic carbocycles. The Hall–Kier alpha value is -0.200. The van der Waals surface area contributed by atoms with Gasteiger partial charge in [-0.05, 0) is 23.2 Å². The average molecular weight is 353 g/mol. The van der Waals surface area contributed by atoms with Crippen LogP contribution in [0.15, 0.2) is 0 Å². The molecular formula is C5Cl2F10O2. The third-order valence-electron chi connectivity index (χ3n) is 1.15. The first-order valence-electron chi connectivity index (χ1n) is 3.58. The van der Waals surface area contributed by atoms with Gasteiger partial charge in [0.05, 0.1) is 0 Å². The van der Waals surface area contributed by atoms with Crippen molar-refractivity contribution in [3.05, 3.63) is 0 Å². The number of hydrogen-bond donors (Lipinski definition) is 0. The van der Waals surface area contributed by atoms with Gasteiger partial charge in [-0.2, -0.15) is 35.1 Å². The molecule has 0 saturated carbocycles. The second-order valence-electron chi connectivity index (χ2n) is 2.70. The van der Waals surface area contributed by atoms with E-state index in [1.54, 1.807) is 0 Å². The van der Waals surface area contributed by atoms with Crippen LogP contribution in [0.3, 0.4) is 0 Å². The van der Waals surface area contributed by atoms with Gasteiger partial charge in [-0.3, -0.25) is 0 Å². The van der Waals surface area contributed by atoms with Crippen molar-refractivity contribution in [2.45, 2.75) is 29.3 Å². The Kier molecular flexibility index (Phi) is 4.92. The topological polar surface area (TPSA) is 18.5 Å². The molecule has 0 amide bonds. The van der Waals surface area contributed by atoms with Gasteiger partial charge < -0.3 is 0 Å². The van der Waals surface area contributed by atoms with E-state index in [1.165, 1.54) is 0 Å². The largest absolute Gasteiger partial charge is 0.495 e. The average Bonchev–Trinajstić information content (AvgIpc) is 1.93. The Morgan fingerprint density at radius 2 is 0.737 bits per heavy atom. The van der Waals surface area contributed by atoms with Crippen LogP contribution in [-0.4, -0.2) is 29.3 Å². The van der Waals surface area contributed by atoms with Gasteiger partial charge in [-0.1, -0.05) is 0 Å². The highest BCUT2D eigenvalue weighted by Gasteiger charge is 2.67. The van der Waals surface area contributed by atoms with Crippen LogP contribution in [0, 0.1) is 0 Å². The number of rotatable bonds is 6. The van der Waals surface area contributed by atoms with Crippen LogP contribution in [-0.2, 0) is 9.47 Å². The third-order valence-corrected chi connectivity index (χ3v) is 1.59. The first kappa shape index (κ1) is 18.8. The lowest BCUT2D eigenvalue weighted by molar-refractivity contribution is -0.538. The molecule has 0 heterocycles. The predicted octanol–water partition coefficient (Wildman–Crippen LogP) is 4.42. The Balaban J connectivity index is 5.03. The van der Waals surface area contributed by atoms with E-state index in [-0.39, 0.29) is 0 Å². The summed E-state index contributed by atoms with van der Waals surface area (Å²) in [5.41, 5.74) is 0. The fourth-order valence-corrected chi connectivity index (χ4v) is 0.512. The predicted molar refractivity (Wildman–Crippen MR) is 38.6 cm³/mol. The lowest BCUT2D eigenvalue weighted by atomic mass is 10.6. The van der Waals surface area contributed by atoms with Gasteiger partial charge in [-0.15, -0.1) is 8.78 Å². The second-order valence-corrected chi connectivity index (χ2v) is 3.65. The maximum atomic E-state index is 12.3. The molecule has 0 unspecified atom stereocenters. The zero-order valence-electron chi connectivity index (χ0n) is 7.85. The van der Waals surface area contributed by atoms with Crippen LogP contribution in [0.2, 0.25) is 0 Å². The number of ether oxygens (including phenoxy) is 2. The van der Waals surface area contributed by atoms with Crippen LogP contribution in [0.25, 0.3) is 0 Å². The maximum absolute atomic E-state index is 12.3. The molecule has 14 heteroatoms. The first-order chi connectivity index (χ1) is 7.91. The highest BCUT2D eigenvalue weighted by Crippen LogP contribution is 2.46. The van der Waals surface area contributed by atoms with Crippen molar-refractivity contribution in [3.8, 4) is 0 Å². The molecule has 0 rings (SSSR count). The van der Waals surface area contributed by atoms with Gasteiger partial charge in [0.2, 0.25) is 0 Å². The third kappa shape index (κ3) is 5.00. The molecular weight excluding hydrogens is 353 g/mol. The summed E-state index contributed by atoms with van der Waals surface area (Å²) in [6.45, 7) is 0. The Morgan fingerprint density at radius 1 is 0.526 bits per heavy atom. The number of alkyl halides is 12. The van der Waals surface area contributed by atoms with Crippen molar-refractivity contribution in [2.75, 3.05) is 0 Å². The van der Waals surface area contributed by atoms with E-state index in [0.29, 0.717) is 0 Å². The van der Waals surface area contributed by atoms with Gasteiger partial charge in [-0.25, -0.2) is 9.47 Å². The van der Waals surface area contributed by atoms with Crippen LogP contribution >= 0.6 is 23.2 Å². The van der Waals surface area contributed by atoms with Gasteiger partial charge >= 0.3 is 29.3 Å². The van der Waals surface area contributed by atoms with Crippen molar-refractivity contribution >= 4 is 23.2 Å². The van der Waals surface area contributed by atoms with Gasteiger partial charge in [0.1, 0.15) is 0 Å². The Morgan fingerprint density at radius 3 is 0.895 bits per heavy atom. The lowest BCUT2D eigenvalue weighted by Crippen LogP contribution is -2.50. The maximum Gasteiger partial charge on any atom is 0.495 e. The summed E-state index contributed by atoms with van der Waals surface area (Å²) in [7, 11) is 0. The molecule has 0 radical (unpaired) electrons. The monoisotopic (exact) mass is 352 g/mol. The molecule has 0 fully saturated rings. The number of hydrogen-bond acceptors (Lipinski definition) is 2. The molecule has 0 aromatic heterocycles. The zero-order valence-corrected chi connectivity index (χ0v) is 9.36. The summed E-state index contributed by atoms with van der Waals surface area (Å²) in [6.07, 6.45) is -18.6. The van der Waals surface area contributed by atoms with Gasteiger partial charge in [0, 0.05) is 0 Å². The lowest BCUT2D eigenvalue weighted by Gasteiger charge is -2.29. The molecule has 0 N–H and O–H groups in total. The van der Waals surface area contributed by atoms with Gasteiger partial charge in [0.15, 0.2) is 0 Å². The Bertz CT molecular complexity index is 291. The van der Waals surface area contributed by atoms with Crippen molar-refractivity contribution < 1.29 is 53.4 Å². The van der Waals surface area contributed by atoms with Crippen LogP contribution < -0.4 is 0 Å². The van der Waals surface area contributed by atoms with E-state index in [2.05, 4.69) is 23.2 Å². The molecule has 0 bridgehead atoms. The summed E-state index contributed by atoms with van der Waals surface area (Å²) >= 11 is 7.27. The normalized spacial score (nSPS) is 15.8. The molecule has 0 aliphatic heterocycles. The summed E-state index contributed by atoms with van der Waals surface area (Å²) in [5.74, 6) is 0. The van der Waals surface area contributed by atoms with Crippen molar-refractivity contribution in [3.63, 3.8) is 0 Å². The second kappa shape index (κ2) is 4.97. The van der Waals surface area contributed by atoms with E-state index in [4.69, 9.17) is 0 Å². The minimum absolute atomic E-state index is 1.88. The van der Waals surface area contributed by atoms with Crippen LogP contribution in [0.5, 0.6) is 0 Å². The fraction of sp³-hybridized carbons (Fsp3) is 1.00. The molecule has 0 atom stereocenters. The molecule has 116 valence electrons. The van der Waals surface area contributed by atoms with Gasteiger partial charge in [0.25, 0.3) is 0 Å². The molecule has 2 nitrogen and oxygen atoms in total. The van der Waals surface area contributed by atoms with Crippen molar-refractivity contribution in [1.82, 2.24) is 0 Å². The molecule has 0 saturated heterocycles. The summed E-state index contributed by atoms with van der Waals surface area (Å²) < 4.78 is 124. The number of halogens is 12. The van der Waals surface area contributed by atoms with Crippen molar-refractivity contribution in [2.24, 2.45) is 0 Å². The minimum Gasteiger partial charge on any atom is -0.224 e. The molecule has 0 aromatic carbocycles. The van der Waals surface area contributed by atoms with E-state index in [0.717, 1.165) is 0 Å². The first-order valence-corrected chi connectivity index (χ1v) is 4.34. The fourth-order valence-electron chi connectivity index (χ4n) is 0.435. The highest BCUT2D eigenvalue weighted by atomic mass is 35.5. The van der Waals surface area contributed by atoms with E-state index in [9.17, 15) is 43.9 Å². The summed E-state index contributed by atoms with van der Waals surface area (Å²) in [5, 5.41) is -11.5. The summed E-state index contributed by atoms with van der Waals surface area (Å²) in [4.78, 5) is 0. The summed E-state index contributed by atoms with van der Waals surface area (Å²) in [6, 6.07) is 0. The molecule has 19 heavy (non-hydrogen) atoms. The van der Waals surface area contributed by atoms with E-state index < -0.39 is 29.3 Å². The van der Waals surface area contributed by atoms with Crippen molar-refractivity contribution in [1.29, 1.82) is 0 Å². The van der Waals surface area contributed by atoms with E-state index >= 15 is 0 Å². The highest BCUT2D eigenvalue weighted by molar-refractivity contribution is 6.22. The van der Waals surface area contributed by atoms with Crippen LogP contribution in [0.4, 0.5) is 43.9 Å². The standard InChI is InChI=1S/C5Cl2F10O2/c6-1(8,9)3(12,13)18-5(16,17)19-4(14,15)2(7,10)11. The molecule has 0 spiro atoms. The van der Waals surface area contributed by atoms with E-state index in [1.807, 2.05) is 9.47 Å². The SMILES string of the molecule is FC(F)(OC(F)(F)C(F)(F)Cl)OC(F)(F)C(F)(F)Cl. The minimum atomic E-state index is -6.25. The zero-order chi connectivity index (χ0) is 15.9. The smallest absolute Gasteiger partial charge is 0.224 e.